The second-order valence-corrected chi connectivity index (χ2v) is 3.83. The second-order valence-electron chi connectivity index (χ2n) is 1.03. The zero-order valence-electron chi connectivity index (χ0n) is 4.06. The largest absolute Gasteiger partial charge is 0 e. The van der Waals surface area contributed by atoms with Crippen LogP contribution < -0.4 is 0 Å². The van der Waals surface area contributed by atoms with Gasteiger partial charge < -0.3 is 0 Å². The van der Waals surface area contributed by atoms with Gasteiger partial charge in [0, 0.05) is 18.6 Å². The molecule has 8 heavy (non-hydrogen) atoms. The van der Waals surface area contributed by atoms with E-state index < -0.39 is 0 Å². The molecule has 5 heteroatoms. The van der Waals surface area contributed by atoms with Crippen LogP contribution in [0.1, 0.15) is 0 Å². The maximum Gasteiger partial charge on any atom is 0 e. The summed E-state index contributed by atoms with van der Waals surface area (Å²) in [6.07, 6.45) is 5.62. The van der Waals surface area contributed by atoms with Gasteiger partial charge in [0.25, 0.3) is 0 Å². The molecule has 0 aliphatic rings. The van der Waals surface area contributed by atoms with Crippen molar-refractivity contribution in [3.8, 4) is 0 Å². The van der Waals surface area contributed by atoms with Gasteiger partial charge in [0.05, 0.1) is 0 Å². The van der Waals surface area contributed by atoms with Crippen molar-refractivity contribution in [2.75, 3.05) is 0 Å². The number of imidazole rings is 1. The Hall–Kier alpha value is 0.913. The third kappa shape index (κ3) is 2.46. The summed E-state index contributed by atoms with van der Waals surface area (Å²) in [6.45, 7) is 0. The molecule has 1 aromatic heterocycles. The SMILES string of the molecule is [PH2][Mo][n]1ccnc1.[V]. The minimum Gasteiger partial charge on any atom is 0 e. The Balaban J connectivity index is 0.000000490. The van der Waals surface area contributed by atoms with Gasteiger partial charge in [-0.25, -0.2) is 0 Å². The van der Waals surface area contributed by atoms with Crippen LogP contribution in [0.25, 0.3) is 0 Å². The third-order valence-corrected chi connectivity index (χ3v) is 3.17. The molecule has 1 aromatic rings. The molecule has 0 aliphatic heterocycles. The fourth-order valence-corrected chi connectivity index (χ4v) is 1.62. The summed E-state index contributed by atoms with van der Waals surface area (Å²) in [5.74, 6) is 0. The van der Waals surface area contributed by atoms with Gasteiger partial charge in [-0.3, -0.25) is 0 Å². The quantitative estimate of drug-likeness (QED) is 0.522. The Morgan fingerprint density at radius 1 is 1.62 bits per heavy atom. The first-order chi connectivity index (χ1) is 3.43. The zero-order valence-corrected chi connectivity index (χ0v) is 8.62. The Bertz CT molecular complexity index is 132. The van der Waals surface area contributed by atoms with E-state index in [0.29, 0.717) is 0 Å². The van der Waals surface area contributed by atoms with E-state index in [1.54, 1.807) is 6.20 Å². The molecule has 2 nitrogen and oxygen atoms in total. The van der Waals surface area contributed by atoms with Gasteiger partial charge in [0.1, 0.15) is 0 Å². The van der Waals surface area contributed by atoms with Crippen LogP contribution in [0.3, 0.4) is 0 Å². The molecule has 1 radical (unpaired) electrons. The van der Waals surface area contributed by atoms with Crippen LogP contribution in [0.4, 0.5) is 0 Å². The van der Waals surface area contributed by atoms with Crippen molar-refractivity contribution in [3.05, 3.63) is 18.7 Å². The van der Waals surface area contributed by atoms with Crippen LogP contribution in [-0.2, 0) is 36.9 Å². The van der Waals surface area contributed by atoms with Crippen LogP contribution in [0.2, 0.25) is 0 Å². The minimum atomic E-state index is -0.0300. The predicted octanol–water partition coefficient (Wildman–Crippen LogP) is 0.516. The van der Waals surface area contributed by atoms with Gasteiger partial charge in [-0.1, -0.05) is 0 Å². The topological polar surface area (TPSA) is 17.8 Å². The number of hydrogen-bond acceptors (Lipinski definition) is 1. The molecule has 1 atom stereocenters. The molecule has 43 valence electrons. The van der Waals surface area contributed by atoms with Crippen LogP contribution in [0.5, 0.6) is 0 Å². The van der Waals surface area contributed by atoms with E-state index >= 15 is 0 Å². The van der Waals surface area contributed by atoms with Crippen molar-refractivity contribution < 1.29 is 36.9 Å². The molecule has 0 aliphatic carbocycles. The summed E-state index contributed by atoms with van der Waals surface area (Å²) in [7, 11) is 2.74. The summed E-state index contributed by atoms with van der Waals surface area (Å²) < 4.78 is 2.11. The van der Waals surface area contributed by atoms with E-state index in [2.05, 4.69) is 15.4 Å². The molecule has 0 aromatic carbocycles. The Morgan fingerprint density at radius 3 is 2.62 bits per heavy atom. The Morgan fingerprint density at radius 2 is 2.38 bits per heavy atom. The fourth-order valence-electron chi connectivity index (χ4n) is 0.309. The molecular formula is C3H5MoN2PV. The summed E-state index contributed by atoms with van der Waals surface area (Å²) in [5.41, 5.74) is 0. The molecule has 0 fully saturated rings. The smallest absolute Gasteiger partial charge is 0 e. The summed E-state index contributed by atoms with van der Waals surface area (Å²) in [4.78, 5) is 3.88. The van der Waals surface area contributed by atoms with E-state index in [4.69, 9.17) is 0 Å². The second kappa shape index (κ2) is 4.76. The average Bonchev–Trinajstić information content (AvgIpc) is 2.14. The van der Waals surface area contributed by atoms with E-state index in [1.165, 1.54) is 0 Å². The van der Waals surface area contributed by atoms with Crippen LogP contribution in [0, 0.1) is 0 Å². The minimum absolute atomic E-state index is 0. The van der Waals surface area contributed by atoms with Gasteiger partial charge in [-0.15, -0.1) is 0 Å². The van der Waals surface area contributed by atoms with Crippen molar-refractivity contribution >= 4 is 7.33 Å². The molecule has 1 heterocycles. The first kappa shape index (κ1) is 8.91. The van der Waals surface area contributed by atoms with Crippen LogP contribution in [-0.4, -0.2) is 8.11 Å². The molecular weight excluding hydrogens is 242 g/mol. The van der Waals surface area contributed by atoms with Gasteiger partial charge in [-0.05, 0) is 0 Å². The normalized spacial score (nSPS) is 8.12. The van der Waals surface area contributed by atoms with Crippen molar-refractivity contribution in [1.82, 2.24) is 8.11 Å². The van der Waals surface area contributed by atoms with Crippen molar-refractivity contribution in [3.63, 3.8) is 0 Å². The van der Waals surface area contributed by atoms with E-state index in [-0.39, 0.29) is 36.9 Å². The Kier molecular flexibility index (Phi) is 5.30. The molecule has 0 saturated carbocycles. The molecule has 1 rings (SSSR count). The van der Waals surface area contributed by atoms with Crippen LogP contribution in [0.15, 0.2) is 18.7 Å². The van der Waals surface area contributed by atoms with Gasteiger partial charge in [0.15, 0.2) is 0 Å². The van der Waals surface area contributed by atoms with Crippen LogP contribution >= 0.6 is 7.33 Å². The maximum atomic E-state index is 3.88. The number of rotatable bonds is 1. The van der Waals surface area contributed by atoms with E-state index in [1.807, 2.05) is 12.5 Å². The molecule has 0 spiro atoms. The monoisotopic (exact) mass is 249 g/mol. The molecule has 1 unspecified atom stereocenters. The summed E-state index contributed by atoms with van der Waals surface area (Å²) >= 11 is -0.0300. The van der Waals surface area contributed by atoms with Crippen molar-refractivity contribution in [2.24, 2.45) is 0 Å². The van der Waals surface area contributed by atoms with Gasteiger partial charge in [-0.2, -0.15) is 0 Å². The van der Waals surface area contributed by atoms with Crippen molar-refractivity contribution in [1.29, 1.82) is 0 Å². The predicted molar refractivity (Wildman–Crippen MR) is 27.3 cm³/mol. The van der Waals surface area contributed by atoms with Gasteiger partial charge >= 0.3 is 52.5 Å². The third-order valence-electron chi connectivity index (χ3n) is 0.602. The van der Waals surface area contributed by atoms with E-state index in [9.17, 15) is 0 Å². The number of hydrogen-bond donors (Lipinski definition) is 0. The Labute approximate surface area is 70.8 Å². The molecule has 0 amide bonds. The average molecular weight is 247 g/mol. The van der Waals surface area contributed by atoms with E-state index in [0.717, 1.165) is 0 Å². The van der Waals surface area contributed by atoms with Gasteiger partial charge in [0.2, 0.25) is 0 Å². The van der Waals surface area contributed by atoms with Crippen molar-refractivity contribution in [2.45, 2.75) is 0 Å². The summed E-state index contributed by atoms with van der Waals surface area (Å²) in [5, 5.41) is 0. The molecule has 0 saturated heterocycles. The first-order valence-electron chi connectivity index (χ1n) is 1.78. The fraction of sp³-hybridized carbons (Fsp3) is 0. The maximum absolute atomic E-state index is 3.88. The zero-order chi connectivity index (χ0) is 5.11. The molecule has 0 bridgehead atoms. The summed E-state index contributed by atoms with van der Waals surface area (Å²) in [6, 6.07) is 0. The first-order valence-corrected chi connectivity index (χ1v) is 6.63. The number of aromatic nitrogens is 2. The standard InChI is InChI=1S/C3H3N2.Mo.H2P.V/c1-2-5-3-4-1;;;/h1-3H;;1H2;/q-1;+2;-1;. The molecule has 0 N–H and O–H groups in total. The number of nitrogens with zero attached hydrogens (tertiary/aromatic N) is 2.